The normalized spacial score (nSPS) is 42.0. The number of hydrogen-bond donors (Lipinski definition) is 0. The fourth-order valence-corrected chi connectivity index (χ4v) is 0.550. The quantitative estimate of drug-likeness (QED) is 0.421. The van der Waals surface area contributed by atoms with Crippen LogP contribution in [0.5, 0.6) is 0 Å². The summed E-state index contributed by atoms with van der Waals surface area (Å²) in [7, 11) is 0. The van der Waals surface area contributed by atoms with E-state index in [4.69, 9.17) is 0 Å². The van der Waals surface area contributed by atoms with Crippen molar-refractivity contribution in [2.45, 2.75) is 12.3 Å². The van der Waals surface area contributed by atoms with Crippen molar-refractivity contribution < 1.29 is 8.78 Å². The lowest BCUT2D eigenvalue weighted by Gasteiger charge is -1.94. The van der Waals surface area contributed by atoms with Crippen molar-refractivity contribution in [3.8, 4) is 0 Å². The van der Waals surface area contributed by atoms with E-state index in [9.17, 15) is 8.78 Å². The smallest absolute Gasteiger partial charge is 0.146 e. The van der Waals surface area contributed by atoms with Crippen LogP contribution in [0, 0.1) is 0 Å². The van der Waals surface area contributed by atoms with E-state index in [1.165, 1.54) is 0 Å². The molecule has 41 valence electrons. The molecule has 1 aliphatic heterocycles. The minimum atomic E-state index is -1.32. The summed E-state index contributed by atoms with van der Waals surface area (Å²) < 4.78 is 23.7. The van der Waals surface area contributed by atoms with Gasteiger partial charge in [-0.05, 0) is 0 Å². The van der Waals surface area contributed by atoms with Crippen LogP contribution in [0.1, 0.15) is 0 Å². The van der Waals surface area contributed by atoms with Crippen LogP contribution >= 0.6 is 0 Å². The lowest BCUT2D eigenvalue weighted by atomic mass is 10.3. The van der Waals surface area contributed by atoms with Crippen molar-refractivity contribution in [1.29, 1.82) is 0 Å². The van der Waals surface area contributed by atoms with E-state index in [0.29, 0.717) is 0 Å². The fraction of sp³-hybridized carbons (Fsp3) is 1.00. The second kappa shape index (κ2) is 1.74. The Kier molecular flexibility index (Phi) is 1.23. The molecule has 0 aromatic heterocycles. The topological polar surface area (TPSA) is 14.1 Å². The monoisotopic (exact) mass is 106 g/mol. The van der Waals surface area contributed by atoms with Crippen LogP contribution in [0.15, 0.2) is 0 Å². The van der Waals surface area contributed by atoms with E-state index < -0.39 is 12.3 Å². The third-order valence-electron chi connectivity index (χ3n) is 0.999. The summed E-state index contributed by atoms with van der Waals surface area (Å²) in [6.07, 6.45) is -2.64. The van der Waals surface area contributed by atoms with Crippen molar-refractivity contribution >= 4 is 0 Å². The Balaban J connectivity index is 2.33. The highest BCUT2D eigenvalue weighted by Crippen LogP contribution is 2.07. The predicted molar refractivity (Wildman–Crippen MR) is 21.7 cm³/mol. The van der Waals surface area contributed by atoms with Crippen LogP contribution in [0.25, 0.3) is 0 Å². The van der Waals surface area contributed by atoms with E-state index in [1.54, 1.807) is 0 Å². The second-order valence-corrected chi connectivity index (χ2v) is 1.62. The van der Waals surface area contributed by atoms with Gasteiger partial charge < -0.3 is 0 Å². The van der Waals surface area contributed by atoms with Gasteiger partial charge in [-0.2, -0.15) is 0 Å². The Morgan fingerprint density at radius 2 is 1.57 bits per heavy atom. The summed E-state index contributed by atoms with van der Waals surface area (Å²) in [4.78, 5) is 0. The maximum atomic E-state index is 11.8. The molecule has 7 heavy (non-hydrogen) atoms. The molecule has 0 aliphatic carbocycles. The number of nitrogens with zero attached hydrogens (tertiary/aromatic N) is 1. The van der Waals surface area contributed by atoms with Gasteiger partial charge in [0.25, 0.3) is 0 Å². The molecule has 1 saturated heterocycles. The zero-order valence-corrected chi connectivity index (χ0v) is 3.77. The van der Waals surface area contributed by atoms with Gasteiger partial charge in [-0.15, -0.1) is 0 Å². The van der Waals surface area contributed by atoms with Gasteiger partial charge in [-0.25, -0.2) is 14.1 Å². The molecule has 0 aromatic carbocycles. The molecule has 1 heterocycles. The van der Waals surface area contributed by atoms with Crippen molar-refractivity contribution in [3.63, 3.8) is 0 Å². The summed E-state index contributed by atoms with van der Waals surface area (Å²) in [5.74, 6) is 0. The van der Waals surface area contributed by atoms with Crippen molar-refractivity contribution in [1.82, 2.24) is 5.32 Å². The summed E-state index contributed by atoms with van der Waals surface area (Å²) in [5.41, 5.74) is 0. The van der Waals surface area contributed by atoms with Crippen LogP contribution < -0.4 is 5.32 Å². The van der Waals surface area contributed by atoms with Crippen LogP contribution in [-0.2, 0) is 0 Å². The molecule has 1 radical (unpaired) electrons. The average Bonchev–Trinajstić information content (AvgIpc) is 1.91. The minimum absolute atomic E-state index is 0.0567. The van der Waals surface area contributed by atoms with Crippen LogP contribution in [0.2, 0.25) is 0 Å². The van der Waals surface area contributed by atoms with Gasteiger partial charge in [0.05, 0.1) is 0 Å². The Hall–Kier alpha value is -0.180. The third-order valence-corrected chi connectivity index (χ3v) is 0.999. The molecular weight excluding hydrogens is 100 g/mol. The zero-order valence-electron chi connectivity index (χ0n) is 3.77. The molecule has 3 heteroatoms. The first kappa shape index (κ1) is 4.97. The maximum Gasteiger partial charge on any atom is 0.146 e. The summed E-state index contributed by atoms with van der Waals surface area (Å²) in [6.45, 7) is 0.113. The molecule has 0 saturated carbocycles. The molecule has 0 aromatic rings. The molecule has 1 aliphatic rings. The highest BCUT2D eigenvalue weighted by Gasteiger charge is 2.26. The Morgan fingerprint density at radius 1 is 1.14 bits per heavy atom. The first-order chi connectivity index (χ1) is 3.30. The summed E-state index contributed by atoms with van der Waals surface area (Å²) >= 11 is 0. The average molecular weight is 106 g/mol. The minimum Gasteiger partial charge on any atom is -0.243 e. The first-order valence-corrected chi connectivity index (χ1v) is 2.22. The van der Waals surface area contributed by atoms with Gasteiger partial charge in [-0.3, -0.25) is 0 Å². The maximum absolute atomic E-state index is 11.8. The molecule has 1 fully saturated rings. The molecule has 0 N–H and O–H groups in total. The van der Waals surface area contributed by atoms with Gasteiger partial charge in [0.2, 0.25) is 0 Å². The standard InChI is InChI=1S/C4H6F2N/c5-3-1-7-2-4(3)6/h3-4H,1-2H2/t3-,4+. The van der Waals surface area contributed by atoms with Gasteiger partial charge in [0, 0.05) is 13.1 Å². The number of alkyl halides is 2. The predicted octanol–water partition coefficient (Wildman–Crippen LogP) is 0.281. The molecule has 0 unspecified atom stereocenters. The number of hydrogen-bond acceptors (Lipinski definition) is 0. The lowest BCUT2D eigenvalue weighted by molar-refractivity contribution is 0.217. The number of halogens is 2. The van der Waals surface area contributed by atoms with E-state index in [-0.39, 0.29) is 13.1 Å². The number of rotatable bonds is 0. The van der Waals surface area contributed by atoms with Gasteiger partial charge >= 0.3 is 0 Å². The molecule has 2 atom stereocenters. The molecule has 0 amide bonds. The highest BCUT2D eigenvalue weighted by atomic mass is 19.2. The first-order valence-electron chi connectivity index (χ1n) is 2.22. The van der Waals surface area contributed by atoms with E-state index in [2.05, 4.69) is 5.32 Å². The van der Waals surface area contributed by atoms with Crippen LogP contribution in [-0.4, -0.2) is 25.4 Å². The second-order valence-electron chi connectivity index (χ2n) is 1.62. The Bertz CT molecular complexity index is 58.7. The fourth-order valence-electron chi connectivity index (χ4n) is 0.550. The van der Waals surface area contributed by atoms with Gasteiger partial charge in [0.1, 0.15) is 12.3 Å². The zero-order chi connectivity index (χ0) is 5.28. The van der Waals surface area contributed by atoms with Crippen LogP contribution in [0.3, 0.4) is 0 Å². The van der Waals surface area contributed by atoms with E-state index >= 15 is 0 Å². The summed E-state index contributed by atoms with van der Waals surface area (Å²) in [5, 5.41) is 3.50. The van der Waals surface area contributed by atoms with E-state index in [0.717, 1.165) is 0 Å². The van der Waals surface area contributed by atoms with Gasteiger partial charge in [-0.1, -0.05) is 0 Å². The van der Waals surface area contributed by atoms with E-state index in [1.807, 2.05) is 0 Å². The largest absolute Gasteiger partial charge is 0.243 e. The highest BCUT2D eigenvalue weighted by molar-refractivity contribution is 4.79. The SMILES string of the molecule is F[C@@H]1C[N]C[C@@H]1F. The van der Waals surface area contributed by atoms with Crippen molar-refractivity contribution in [3.05, 3.63) is 0 Å². The molecule has 1 nitrogen and oxygen atoms in total. The third kappa shape index (κ3) is 0.881. The molecule has 1 rings (SSSR count). The molecule has 0 bridgehead atoms. The van der Waals surface area contributed by atoms with Crippen molar-refractivity contribution in [2.75, 3.05) is 13.1 Å². The summed E-state index contributed by atoms with van der Waals surface area (Å²) in [6, 6.07) is 0. The Morgan fingerprint density at radius 3 is 1.71 bits per heavy atom. The molecular formula is C4H6F2N. The lowest BCUT2D eigenvalue weighted by Crippen LogP contribution is -2.12. The van der Waals surface area contributed by atoms with Crippen molar-refractivity contribution in [2.24, 2.45) is 0 Å². The molecule has 0 spiro atoms. The Labute approximate surface area is 40.7 Å². The van der Waals surface area contributed by atoms with Gasteiger partial charge in [0.15, 0.2) is 0 Å². The van der Waals surface area contributed by atoms with Crippen LogP contribution in [0.4, 0.5) is 8.78 Å².